The lowest BCUT2D eigenvalue weighted by Gasteiger charge is -2.31. The van der Waals surface area contributed by atoms with Gasteiger partial charge in [0.1, 0.15) is 0 Å². The second kappa shape index (κ2) is 5.16. The molecular formula is C13H27N. The van der Waals surface area contributed by atoms with Crippen molar-refractivity contribution in [2.75, 3.05) is 13.6 Å². The van der Waals surface area contributed by atoms with Gasteiger partial charge in [-0.15, -0.1) is 0 Å². The van der Waals surface area contributed by atoms with Crippen LogP contribution in [0.2, 0.25) is 0 Å². The number of nitrogens with zero attached hydrogens (tertiary/aromatic N) is 1. The van der Waals surface area contributed by atoms with E-state index in [0.29, 0.717) is 5.41 Å². The number of rotatable bonds is 5. The zero-order valence-electron chi connectivity index (χ0n) is 10.5. The van der Waals surface area contributed by atoms with E-state index in [4.69, 9.17) is 0 Å². The first-order valence-corrected chi connectivity index (χ1v) is 6.25. The summed E-state index contributed by atoms with van der Waals surface area (Å²) in [7, 11) is 2.29. The minimum Gasteiger partial charge on any atom is -0.303 e. The molecule has 1 heterocycles. The smallest absolute Gasteiger partial charge is 0.00977 e. The highest BCUT2D eigenvalue weighted by Crippen LogP contribution is 2.33. The summed E-state index contributed by atoms with van der Waals surface area (Å²) in [6.07, 6.45) is 8.35. The molecule has 1 atom stereocenters. The van der Waals surface area contributed by atoms with E-state index >= 15 is 0 Å². The zero-order chi connectivity index (χ0) is 10.6. The van der Waals surface area contributed by atoms with E-state index in [9.17, 15) is 0 Å². The van der Waals surface area contributed by atoms with Crippen molar-refractivity contribution in [3.63, 3.8) is 0 Å². The number of hydrogen-bond donors (Lipinski definition) is 0. The minimum atomic E-state index is 0.555. The van der Waals surface area contributed by atoms with Crippen LogP contribution >= 0.6 is 0 Å². The first-order chi connectivity index (χ1) is 6.55. The summed E-state index contributed by atoms with van der Waals surface area (Å²) >= 11 is 0. The van der Waals surface area contributed by atoms with Crippen molar-refractivity contribution in [3.8, 4) is 0 Å². The van der Waals surface area contributed by atoms with Crippen molar-refractivity contribution >= 4 is 0 Å². The van der Waals surface area contributed by atoms with Crippen molar-refractivity contribution in [2.45, 2.75) is 65.3 Å². The highest BCUT2D eigenvalue weighted by atomic mass is 15.1. The third kappa shape index (κ3) is 3.61. The van der Waals surface area contributed by atoms with E-state index in [0.717, 1.165) is 6.04 Å². The molecule has 0 amide bonds. The molecule has 0 bridgehead atoms. The van der Waals surface area contributed by atoms with E-state index in [1.54, 1.807) is 0 Å². The van der Waals surface area contributed by atoms with Gasteiger partial charge in [0.2, 0.25) is 0 Å². The zero-order valence-corrected chi connectivity index (χ0v) is 10.5. The third-order valence-corrected chi connectivity index (χ3v) is 3.67. The van der Waals surface area contributed by atoms with Crippen molar-refractivity contribution < 1.29 is 0 Å². The lowest BCUT2D eigenvalue weighted by atomic mass is 9.80. The normalized spacial score (nSPS) is 24.4. The monoisotopic (exact) mass is 197 g/mol. The maximum atomic E-state index is 2.55. The summed E-state index contributed by atoms with van der Waals surface area (Å²) in [4.78, 5) is 2.55. The fraction of sp³-hybridized carbons (Fsp3) is 1.00. The van der Waals surface area contributed by atoms with Gasteiger partial charge in [-0.1, -0.05) is 33.6 Å². The van der Waals surface area contributed by atoms with Gasteiger partial charge in [-0.05, 0) is 44.7 Å². The van der Waals surface area contributed by atoms with Gasteiger partial charge >= 0.3 is 0 Å². The van der Waals surface area contributed by atoms with Gasteiger partial charge < -0.3 is 4.90 Å². The van der Waals surface area contributed by atoms with Crippen LogP contribution in [-0.2, 0) is 0 Å². The Bertz CT molecular complexity index is 163. The van der Waals surface area contributed by atoms with Crippen LogP contribution in [0.4, 0.5) is 0 Å². The topological polar surface area (TPSA) is 3.24 Å². The molecule has 0 aromatic rings. The van der Waals surface area contributed by atoms with Crippen molar-refractivity contribution in [1.29, 1.82) is 0 Å². The molecule has 1 fully saturated rings. The standard InChI is InChI=1S/C13H27N/c1-5-6-9-13(2,3)11-12-8-7-10-14(12)4/h12H,5-11H2,1-4H3. The van der Waals surface area contributed by atoms with Gasteiger partial charge in [-0.3, -0.25) is 0 Å². The van der Waals surface area contributed by atoms with Crippen molar-refractivity contribution in [1.82, 2.24) is 4.90 Å². The molecule has 1 unspecified atom stereocenters. The lowest BCUT2D eigenvalue weighted by molar-refractivity contribution is 0.196. The van der Waals surface area contributed by atoms with Crippen LogP contribution in [0.15, 0.2) is 0 Å². The molecule has 0 aliphatic carbocycles. The maximum absolute atomic E-state index is 2.55. The second-order valence-corrected chi connectivity index (χ2v) is 5.75. The number of hydrogen-bond acceptors (Lipinski definition) is 1. The van der Waals surface area contributed by atoms with E-state index in [1.807, 2.05) is 0 Å². The van der Waals surface area contributed by atoms with Crippen LogP contribution in [-0.4, -0.2) is 24.5 Å². The number of likely N-dealkylation sites (tertiary alicyclic amines) is 1. The first-order valence-electron chi connectivity index (χ1n) is 6.25. The fourth-order valence-electron chi connectivity index (χ4n) is 2.63. The van der Waals surface area contributed by atoms with Gasteiger partial charge in [-0.2, -0.15) is 0 Å². The lowest BCUT2D eigenvalue weighted by Crippen LogP contribution is -2.30. The summed E-state index contributed by atoms with van der Waals surface area (Å²) in [5.41, 5.74) is 0.555. The molecule has 14 heavy (non-hydrogen) atoms. The summed E-state index contributed by atoms with van der Waals surface area (Å²) in [6.45, 7) is 8.48. The SMILES string of the molecule is CCCCC(C)(C)CC1CCCN1C. The van der Waals surface area contributed by atoms with Gasteiger partial charge in [0.05, 0.1) is 0 Å². The van der Waals surface area contributed by atoms with Crippen LogP contribution in [0, 0.1) is 5.41 Å². The Hall–Kier alpha value is -0.0400. The van der Waals surface area contributed by atoms with Crippen LogP contribution in [0.3, 0.4) is 0 Å². The molecule has 84 valence electrons. The quantitative estimate of drug-likeness (QED) is 0.650. The minimum absolute atomic E-state index is 0.555. The van der Waals surface area contributed by atoms with Gasteiger partial charge in [0, 0.05) is 6.04 Å². The maximum Gasteiger partial charge on any atom is 0.00977 e. The number of unbranched alkanes of at least 4 members (excludes halogenated alkanes) is 1. The van der Waals surface area contributed by atoms with E-state index < -0.39 is 0 Å². The second-order valence-electron chi connectivity index (χ2n) is 5.75. The molecule has 0 aromatic heterocycles. The van der Waals surface area contributed by atoms with Crippen LogP contribution in [0.1, 0.15) is 59.3 Å². The molecule has 1 heteroatoms. The van der Waals surface area contributed by atoms with Gasteiger partial charge in [0.15, 0.2) is 0 Å². The summed E-state index contributed by atoms with van der Waals surface area (Å²) in [5, 5.41) is 0. The van der Waals surface area contributed by atoms with Crippen molar-refractivity contribution in [2.24, 2.45) is 5.41 Å². The van der Waals surface area contributed by atoms with Gasteiger partial charge in [0.25, 0.3) is 0 Å². The fourth-order valence-corrected chi connectivity index (χ4v) is 2.63. The molecule has 0 aromatic carbocycles. The molecule has 1 aliphatic heterocycles. The van der Waals surface area contributed by atoms with Crippen LogP contribution < -0.4 is 0 Å². The predicted octanol–water partition coefficient (Wildman–Crippen LogP) is 3.69. The average Bonchev–Trinajstić information content (AvgIpc) is 2.48. The first kappa shape index (κ1) is 12.0. The molecule has 0 N–H and O–H groups in total. The Morgan fingerprint density at radius 2 is 2.07 bits per heavy atom. The summed E-state index contributed by atoms with van der Waals surface area (Å²) < 4.78 is 0. The van der Waals surface area contributed by atoms with E-state index in [2.05, 4.69) is 32.7 Å². The predicted molar refractivity (Wildman–Crippen MR) is 63.6 cm³/mol. The Morgan fingerprint density at radius 3 is 2.57 bits per heavy atom. The van der Waals surface area contributed by atoms with E-state index in [1.165, 1.54) is 45.1 Å². The summed E-state index contributed by atoms with van der Waals surface area (Å²) in [6, 6.07) is 0.863. The summed E-state index contributed by atoms with van der Waals surface area (Å²) in [5.74, 6) is 0. The molecule has 1 nitrogen and oxygen atoms in total. The van der Waals surface area contributed by atoms with E-state index in [-0.39, 0.29) is 0 Å². The molecule has 0 radical (unpaired) electrons. The molecule has 0 spiro atoms. The highest BCUT2D eigenvalue weighted by molar-refractivity contribution is 4.82. The Labute approximate surface area is 89.9 Å². The van der Waals surface area contributed by atoms with Gasteiger partial charge in [-0.25, -0.2) is 0 Å². The molecule has 1 saturated heterocycles. The molecule has 1 rings (SSSR count). The molecule has 1 aliphatic rings. The largest absolute Gasteiger partial charge is 0.303 e. The highest BCUT2D eigenvalue weighted by Gasteiger charge is 2.28. The van der Waals surface area contributed by atoms with Crippen LogP contribution in [0.5, 0.6) is 0 Å². The molecular weight excluding hydrogens is 170 g/mol. The molecule has 0 saturated carbocycles. The van der Waals surface area contributed by atoms with Crippen LogP contribution in [0.25, 0.3) is 0 Å². The Balaban J connectivity index is 2.33. The Morgan fingerprint density at radius 1 is 1.36 bits per heavy atom. The third-order valence-electron chi connectivity index (χ3n) is 3.67. The Kier molecular flexibility index (Phi) is 4.43. The average molecular weight is 197 g/mol. The van der Waals surface area contributed by atoms with Crippen molar-refractivity contribution in [3.05, 3.63) is 0 Å².